The van der Waals surface area contributed by atoms with Gasteiger partial charge in [-0.05, 0) is 66.4 Å². The molecule has 1 amide bonds. The molecule has 35 heavy (non-hydrogen) atoms. The van der Waals surface area contributed by atoms with Crippen LogP contribution in [0.15, 0.2) is 46.7 Å². The molecule has 2 N–H and O–H groups in total. The largest absolute Gasteiger partial charge is 0.494 e. The van der Waals surface area contributed by atoms with Gasteiger partial charge in [0.1, 0.15) is 5.75 Å². The first kappa shape index (κ1) is 24.4. The van der Waals surface area contributed by atoms with Gasteiger partial charge in [0.2, 0.25) is 17.0 Å². The fourth-order valence-electron chi connectivity index (χ4n) is 3.66. The Morgan fingerprint density at radius 3 is 2.66 bits per heavy atom. The third-order valence-electron chi connectivity index (χ3n) is 5.44. The highest BCUT2D eigenvalue weighted by molar-refractivity contribution is 7.99. The van der Waals surface area contributed by atoms with Crippen molar-refractivity contribution in [2.45, 2.75) is 25.0 Å². The number of aromatic nitrogens is 3. The second-order valence-corrected chi connectivity index (χ2v) is 8.61. The van der Waals surface area contributed by atoms with E-state index in [0.717, 1.165) is 23.3 Å². The van der Waals surface area contributed by atoms with Crippen molar-refractivity contribution in [3.05, 3.63) is 53.1 Å². The van der Waals surface area contributed by atoms with Crippen molar-refractivity contribution < 1.29 is 19.0 Å². The van der Waals surface area contributed by atoms with E-state index < -0.39 is 0 Å². The Morgan fingerprint density at radius 1 is 1.20 bits per heavy atom. The van der Waals surface area contributed by atoms with E-state index in [9.17, 15) is 4.79 Å². The first-order valence-corrected chi connectivity index (χ1v) is 12.2. The quantitative estimate of drug-likeness (QED) is 0.250. The Bertz CT molecular complexity index is 1180. The minimum absolute atomic E-state index is 0.0308. The van der Waals surface area contributed by atoms with E-state index in [-0.39, 0.29) is 11.7 Å². The molecular weight excluding hydrogens is 468 g/mol. The molecule has 0 unspecified atom stereocenters. The number of carbonyl (C=O) groups excluding carboxylic acids is 1. The summed E-state index contributed by atoms with van der Waals surface area (Å²) >= 11 is 1.28. The van der Waals surface area contributed by atoms with Crippen LogP contribution in [0, 0.1) is 0 Å². The SMILES string of the molecule is CCOc1ccc(/C=N/Nc2nc(SCC(=O)N3CCc4cc(OC)c(OC)cc4C3)n[nH]2)cc1. The van der Waals surface area contributed by atoms with Crippen molar-refractivity contribution in [2.24, 2.45) is 5.10 Å². The van der Waals surface area contributed by atoms with Crippen LogP contribution in [0.3, 0.4) is 0 Å². The van der Waals surface area contributed by atoms with Crippen LogP contribution in [0.1, 0.15) is 23.6 Å². The number of thioether (sulfide) groups is 1. The molecule has 0 atom stereocenters. The van der Waals surface area contributed by atoms with E-state index in [0.29, 0.717) is 42.3 Å². The molecule has 2 aromatic carbocycles. The molecule has 1 aliphatic heterocycles. The minimum atomic E-state index is 0.0308. The average molecular weight is 497 g/mol. The van der Waals surface area contributed by atoms with Gasteiger partial charge in [0.15, 0.2) is 11.5 Å². The summed E-state index contributed by atoms with van der Waals surface area (Å²) in [6.07, 6.45) is 2.44. The summed E-state index contributed by atoms with van der Waals surface area (Å²) in [5.41, 5.74) is 5.98. The average Bonchev–Trinajstić information content (AvgIpc) is 3.35. The molecule has 0 radical (unpaired) electrons. The van der Waals surface area contributed by atoms with Crippen LogP contribution in [-0.4, -0.2) is 65.3 Å². The van der Waals surface area contributed by atoms with Crippen LogP contribution in [0.25, 0.3) is 0 Å². The third-order valence-corrected chi connectivity index (χ3v) is 6.27. The Morgan fingerprint density at radius 2 is 1.94 bits per heavy atom. The van der Waals surface area contributed by atoms with Gasteiger partial charge in [0.25, 0.3) is 0 Å². The van der Waals surface area contributed by atoms with E-state index in [4.69, 9.17) is 14.2 Å². The molecule has 1 aromatic heterocycles. The number of hydrazone groups is 1. The van der Waals surface area contributed by atoms with Gasteiger partial charge < -0.3 is 19.1 Å². The molecule has 3 aromatic rings. The number of carbonyl (C=O) groups is 1. The lowest BCUT2D eigenvalue weighted by Gasteiger charge is -2.29. The van der Waals surface area contributed by atoms with Gasteiger partial charge in [-0.3, -0.25) is 4.79 Å². The molecule has 2 heterocycles. The molecule has 0 bridgehead atoms. The minimum Gasteiger partial charge on any atom is -0.494 e. The number of hydrogen-bond donors (Lipinski definition) is 2. The van der Waals surface area contributed by atoms with Gasteiger partial charge >= 0.3 is 0 Å². The maximum Gasteiger partial charge on any atom is 0.240 e. The summed E-state index contributed by atoms with van der Waals surface area (Å²) in [6.45, 7) is 3.77. The number of anilines is 1. The smallest absolute Gasteiger partial charge is 0.240 e. The van der Waals surface area contributed by atoms with Crippen LogP contribution in [0.4, 0.5) is 5.95 Å². The predicted octanol–water partition coefficient (Wildman–Crippen LogP) is 3.34. The van der Waals surface area contributed by atoms with Gasteiger partial charge in [-0.1, -0.05) is 11.8 Å². The maximum atomic E-state index is 12.8. The number of rotatable bonds is 10. The van der Waals surface area contributed by atoms with Crippen molar-refractivity contribution in [3.8, 4) is 17.2 Å². The van der Waals surface area contributed by atoms with E-state index in [2.05, 4.69) is 25.7 Å². The second kappa shape index (κ2) is 11.6. The van der Waals surface area contributed by atoms with E-state index in [1.54, 1.807) is 20.4 Å². The summed E-state index contributed by atoms with van der Waals surface area (Å²) in [5.74, 6) is 2.87. The number of benzene rings is 2. The van der Waals surface area contributed by atoms with E-state index in [1.807, 2.05) is 48.2 Å². The number of nitrogens with zero attached hydrogens (tertiary/aromatic N) is 4. The number of amides is 1. The lowest BCUT2D eigenvalue weighted by molar-refractivity contribution is -0.129. The summed E-state index contributed by atoms with van der Waals surface area (Å²) in [6, 6.07) is 11.5. The first-order chi connectivity index (χ1) is 17.1. The summed E-state index contributed by atoms with van der Waals surface area (Å²) < 4.78 is 16.2. The van der Waals surface area contributed by atoms with E-state index >= 15 is 0 Å². The molecule has 0 aliphatic carbocycles. The molecule has 0 saturated heterocycles. The first-order valence-electron chi connectivity index (χ1n) is 11.2. The molecule has 0 fully saturated rings. The zero-order valence-electron chi connectivity index (χ0n) is 19.9. The number of fused-ring (bicyclic) bond motifs is 1. The normalized spacial score (nSPS) is 12.9. The molecular formula is C24H28N6O4S. The van der Waals surface area contributed by atoms with Crippen molar-refractivity contribution >= 4 is 29.8 Å². The molecule has 1 aliphatic rings. The van der Waals surface area contributed by atoms with Crippen molar-refractivity contribution in [1.29, 1.82) is 0 Å². The predicted molar refractivity (Wildman–Crippen MR) is 135 cm³/mol. The fraction of sp³-hybridized carbons (Fsp3) is 0.333. The number of aromatic amines is 1. The van der Waals surface area contributed by atoms with Gasteiger partial charge in [-0.15, -0.1) is 5.10 Å². The molecule has 0 saturated carbocycles. The van der Waals surface area contributed by atoms with Gasteiger partial charge in [0.05, 0.1) is 32.8 Å². The highest BCUT2D eigenvalue weighted by Crippen LogP contribution is 2.33. The maximum absolute atomic E-state index is 12.8. The lowest BCUT2D eigenvalue weighted by atomic mass is 9.99. The number of hydrogen-bond acceptors (Lipinski definition) is 9. The van der Waals surface area contributed by atoms with Crippen molar-refractivity contribution in [2.75, 3.05) is 38.5 Å². The number of ether oxygens (including phenoxy) is 3. The molecule has 0 spiro atoms. The number of methoxy groups -OCH3 is 2. The Balaban J connectivity index is 1.27. The molecule has 184 valence electrons. The highest BCUT2D eigenvalue weighted by atomic mass is 32.2. The molecule has 10 nitrogen and oxygen atoms in total. The zero-order chi connectivity index (χ0) is 24.6. The Kier molecular flexibility index (Phi) is 8.09. The van der Waals surface area contributed by atoms with E-state index in [1.165, 1.54) is 17.3 Å². The fourth-order valence-corrected chi connectivity index (χ4v) is 4.36. The van der Waals surface area contributed by atoms with Crippen molar-refractivity contribution in [1.82, 2.24) is 20.1 Å². The summed E-state index contributed by atoms with van der Waals surface area (Å²) in [4.78, 5) is 19.0. The lowest BCUT2D eigenvalue weighted by Crippen LogP contribution is -2.37. The highest BCUT2D eigenvalue weighted by Gasteiger charge is 2.23. The number of nitrogens with one attached hydrogen (secondary N) is 2. The van der Waals surface area contributed by atoms with Crippen LogP contribution >= 0.6 is 11.8 Å². The van der Waals surface area contributed by atoms with Gasteiger partial charge in [0, 0.05) is 13.1 Å². The topological polar surface area (TPSA) is 114 Å². The third kappa shape index (κ3) is 6.24. The van der Waals surface area contributed by atoms with Crippen molar-refractivity contribution in [3.63, 3.8) is 0 Å². The number of H-pyrrole nitrogens is 1. The summed E-state index contributed by atoms with van der Waals surface area (Å²) in [5, 5.41) is 11.6. The standard InChI is InChI=1S/C24H28N6O4S/c1-4-34-19-7-5-16(6-8-19)13-25-27-23-26-24(29-28-23)35-15-22(31)30-10-9-17-11-20(32-2)21(33-3)12-18(17)14-30/h5-8,11-13H,4,9-10,14-15H2,1-3H3,(H2,26,27,28,29)/b25-13+. The zero-order valence-corrected chi connectivity index (χ0v) is 20.7. The van der Waals surface area contributed by atoms with Crippen LogP contribution in [-0.2, 0) is 17.8 Å². The van der Waals surface area contributed by atoms with Gasteiger partial charge in [-0.2, -0.15) is 10.1 Å². The van der Waals surface area contributed by atoms with Crippen LogP contribution in [0.2, 0.25) is 0 Å². The Labute approximate surface area is 208 Å². The van der Waals surface area contributed by atoms with Crippen LogP contribution in [0.5, 0.6) is 17.2 Å². The van der Waals surface area contributed by atoms with Gasteiger partial charge in [-0.25, -0.2) is 10.5 Å². The monoisotopic (exact) mass is 496 g/mol. The second-order valence-electron chi connectivity index (χ2n) is 7.67. The Hall–Kier alpha value is -3.73. The van der Waals surface area contributed by atoms with Crippen LogP contribution < -0.4 is 19.6 Å². The summed E-state index contributed by atoms with van der Waals surface area (Å²) in [7, 11) is 3.23. The molecule has 4 rings (SSSR count). The molecule has 11 heteroatoms.